The lowest BCUT2D eigenvalue weighted by Crippen LogP contribution is -2.35. The predicted octanol–water partition coefficient (Wildman–Crippen LogP) is 2.76. The fourth-order valence-electron chi connectivity index (χ4n) is 1.67. The Morgan fingerprint density at radius 2 is 2.00 bits per heavy atom. The van der Waals surface area contributed by atoms with Gasteiger partial charge in [-0.2, -0.15) is 0 Å². The molecule has 0 saturated heterocycles. The molecule has 0 amide bonds. The minimum Gasteiger partial charge on any atom is -0.308 e. The number of benzene rings is 1. The molecule has 0 fully saturated rings. The summed E-state index contributed by atoms with van der Waals surface area (Å²) in [4.78, 5) is 4.09. The molecule has 1 N–H and O–H groups in total. The third kappa shape index (κ3) is 3.17. The summed E-state index contributed by atoms with van der Waals surface area (Å²) in [6, 6.07) is 8.38. The summed E-state index contributed by atoms with van der Waals surface area (Å²) in [6.07, 6.45) is 5.60. The van der Waals surface area contributed by atoms with E-state index in [1.54, 1.807) is 6.20 Å². The van der Waals surface area contributed by atoms with Gasteiger partial charge in [-0.05, 0) is 32.4 Å². The highest BCUT2D eigenvalue weighted by atomic mass is 15.0. The molecule has 17 heavy (non-hydrogen) atoms. The van der Waals surface area contributed by atoms with Crippen LogP contribution in [-0.4, -0.2) is 15.1 Å². The van der Waals surface area contributed by atoms with Crippen molar-refractivity contribution in [1.29, 1.82) is 0 Å². The molecule has 3 nitrogen and oxygen atoms in total. The maximum atomic E-state index is 4.09. The molecule has 2 aromatic rings. The third-order valence-corrected chi connectivity index (χ3v) is 2.58. The Morgan fingerprint density at radius 3 is 2.65 bits per heavy atom. The van der Waals surface area contributed by atoms with Crippen LogP contribution in [0.15, 0.2) is 43.0 Å². The van der Waals surface area contributed by atoms with Crippen LogP contribution in [0.25, 0.3) is 5.69 Å². The number of rotatable bonds is 3. The Morgan fingerprint density at radius 1 is 1.24 bits per heavy atom. The molecule has 1 aromatic heterocycles. The van der Waals surface area contributed by atoms with Crippen molar-refractivity contribution in [2.45, 2.75) is 32.9 Å². The van der Waals surface area contributed by atoms with Crippen LogP contribution in [0.2, 0.25) is 0 Å². The topological polar surface area (TPSA) is 29.9 Å². The van der Waals surface area contributed by atoms with Crippen molar-refractivity contribution in [2.75, 3.05) is 0 Å². The summed E-state index contributed by atoms with van der Waals surface area (Å²) in [7, 11) is 0. The molecule has 1 aromatic carbocycles. The standard InChI is InChI=1S/C14H19N3/c1-14(2,3)16-10-12-6-4-5-7-13(12)17-9-8-15-11-17/h4-9,11,16H,10H2,1-3H3. The normalized spacial score (nSPS) is 11.7. The minimum atomic E-state index is 0.127. The van der Waals surface area contributed by atoms with E-state index in [2.05, 4.69) is 55.3 Å². The van der Waals surface area contributed by atoms with Crippen molar-refractivity contribution in [3.63, 3.8) is 0 Å². The number of para-hydroxylation sites is 1. The second-order valence-electron chi connectivity index (χ2n) is 5.20. The van der Waals surface area contributed by atoms with Crippen LogP contribution in [0.3, 0.4) is 0 Å². The first kappa shape index (κ1) is 11.9. The van der Waals surface area contributed by atoms with Crippen LogP contribution >= 0.6 is 0 Å². The Balaban J connectivity index is 2.23. The van der Waals surface area contributed by atoms with E-state index >= 15 is 0 Å². The van der Waals surface area contributed by atoms with Gasteiger partial charge >= 0.3 is 0 Å². The van der Waals surface area contributed by atoms with Gasteiger partial charge in [-0.1, -0.05) is 18.2 Å². The van der Waals surface area contributed by atoms with Crippen molar-refractivity contribution in [3.05, 3.63) is 48.5 Å². The molecule has 0 atom stereocenters. The molecular formula is C14H19N3. The van der Waals surface area contributed by atoms with Crippen LogP contribution in [0.4, 0.5) is 0 Å². The van der Waals surface area contributed by atoms with Crippen molar-refractivity contribution in [2.24, 2.45) is 0 Å². The highest BCUT2D eigenvalue weighted by molar-refractivity contribution is 5.40. The van der Waals surface area contributed by atoms with Crippen molar-refractivity contribution in [1.82, 2.24) is 14.9 Å². The van der Waals surface area contributed by atoms with Crippen LogP contribution in [-0.2, 0) is 6.54 Å². The molecule has 0 aliphatic heterocycles. The molecule has 0 spiro atoms. The Hall–Kier alpha value is -1.61. The molecule has 90 valence electrons. The van der Waals surface area contributed by atoms with Gasteiger partial charge in [0.15, 0.2) is 0 Å². The van der Waals surface area contributed by atoms with Gasteiger partial charge in [0.1, 0.15) is 0 Å². The highest BCUT2D eigenvalue weighted by Crippen LogP contribution is 2.14. The average Bonchev–Trinajstić information content (AvgIpc) is 2.79. The Kier molecular flexibility index (Phi) is 3.29. The highest BCUT2D eigenvalue weighted by Gasteiger charge is 2.10. The van der Waals surface area contributed by atoms with Crippen LogP contribution in [0.5, 0.6) is 0 Å². The number of aromatic nitrogens is 2. The zero-order valence-corrected chi connectivity index (χ0v) is 10.6. The summed E-state index contributed by atoms with van der Waals surface area (Å²) < 4.78 is 2.04. The first-order chi connectivity index (χ1) is 8.06. The molecular weight excluding hydrogens is 210 g/mol. The van der Waals surface area contributed by atoms with Crippen molar-refractivity contribution >= 4 is 0 Å². The number of imidazole rings is 1. The van der Waals surface area contributed by atoms with Gasteiger partial charge in [0.25, 0.3) is 0 Å². The van der Waals surface area contributed by atoms with E-state index in [-0.39, 0.29) is 5.54 Å². The largest absolute Gasteiger partial charge is 0.308 e. The lowest BCUT2D eigenvalue weighted by molar-refractivity contribution is 0.424. The quantitative estimate of drug-likeness (QED) is 0.877. The van der Waals surface area contributed by atoms with Crippen LogP contribution < -0.4 is 5.32 Å². The number of hydrogen-bond acceptors (Lipinski definition) is 2. The zero-order valence-electron chi connectivity index (χ0n) is 10.6. The second kappa shape index (κ2) is 4.72. The summed E-state index contributed by atoms with van der Waals surface area (Å²) in [5.74, 6) is 0. The third-order valence-electron chi connectivity index (χ3n) is 2.58. The summed E-state index contributed by atoms with van der Waals surface area (Å²) >= 11 is 0. The summed E-state index contributed by atoms with van der Waals surface area (Å²) in [6.45, 7) is 7.38. The van der Waals surface area contributed by atoms with E-state index in [9.17, 15) is 0 Å². The molecule has 0 radical (unpaired) electrons. The van der Waals surface area contributed by atoms with E-state index in [1.807, 2.05) is 17.1 Å². The summed E-state index contributed by atoms with van der Waals surface area (Å²) in [5, 5.41) is 3.51. The van der Waals surface area contributed by atoms with Crippen molar-refractivity contribution in [3.8, 4) is 5.69 Å². The second-order valence-corrected chi connectivity index (χ2v) is 5.20. The van der Waals surface area contributed by atoms with E-state index in [4.69, 9.17) is 0 Å². The minimum absolute atomic E-state index is 0.127. The maximum Gasteiger partial charge on any atom is 0.0991 e. The molecule has 0 saturated carbocycles. The molecule has 3 heteroatoms. The average molecular weight is 229 g/mol. The molecule has 0 unspecified atom stereocenters. The molecule has 1 heterocycles. The van der Waals surface area contributed by atoms with Gasteiger partial charge in [0.2, 0.25) is 0 Å². The first-order valence-electron chi connectivity index (χ1n) is 5.87. The number of nitrogens with one attached hydrogen (secondary N) is 1. The Labute approximate surface area is 103 Å². The fourth-order valence-corrected chi connectivity index (χ4v) is 1.67. The molecule has 0 aliphatic carbocycles. The molecule has 2 rings (SSSR count). The summed E-state index contributed by atoms with van der Waals surface area (Å²) in [5.41, 5.74) is 2.59. The fraction of sp³-hybridized carbons (Fsp3) is 0.357. The van der Waals surface area contributed by atoms with Gasteiger partial charge in [0.05, 0.1) is 12.0 Å². The smallest absolute Gasteiger partial charge is 0.0991 e. The SMILES string of the molecule is CC(C)(C)NCc1ccccc1-n1ccnc1. The monoisotopic (exact) mass is 229 g/mol. The number of nitrogens with zero attached hydrogens (tertiary/aromatic N) is 2. The Bertz CT molecular complexity index is 466. The van der Waals surface area contributed by atoms with Crippen molar-refractivity contribution < 1.29 is 0 Å². The van der Waals surface area contributed by atoms with Gasteiger partial charge in [-0.25, -0.2) is 4.98 Å². The lowest BCUT2D eigenvalue weighted by atomic mass is 10.1. The van der Waals surface area contributed by atoms with Crippen LogP contribution in [0.1, 0.15) is 26.3 Å². The van der Waals surface area contributed by atoms with Gasteiger partial charge in [-0.3, -0.25) is 0 Å². The van der Waals surface area contributed by atoms with Gasteiger partial charge in [0, 0.05) is 24.5 Å². The van der Waals surface area contributed by atoms with Gasteiger partial charge < -0.3 is 9.88 Å². The van der Waals surface area contributed by atoms with E-state index in [0.29, 0.717) is 0 Å². The van der Waals surface area contributed by atoms with E-state index < -0.39 is 0 Å². The zero-order chi connectivity index (χ0) is 12.3. The lowest BCUT2D eigenvalue weighted by Gasteiger charge is -2.21. The number of hydrogen-bond donors (Lipinski definition) is 1. The van der Waals surface area contributed by atoms with Gasteiger partial charge in [-0.15, -0.1) is 0 Å². The van der Waals surface area contributed by atoms with Crippen LogP contribution in [0, 0.1) is 0 Å². The van der Waals surface area contributed by atoms with E-state index in [1.165, 1.54) is 11.3 Å². The molecule has 0 bridgehead atoms. The maximum absolute atomic E-state index is 4.09. The predicted molar refractivity (Wildman–Crippen MR) is 70.2 cm³/mol. The molecule has 0 aliphatic rings. The first-order valence-corrected chi connectivity index (χ1v) is 5.87. The van der Waals surface area contributed by atoms with E-state index in [0.717, 1.165) is 6.54 Å².